The van der Waals surface area contributed by atoms with Crippen LogP contribution in [0.3, 0.4) is 0 Å². The smallest absolute Gasteiger partial charge is 0.407 e. The molecule has 274 valence electrons. The minimum Gasteiger partial charge on any atom is -0.474 e. The first-order chi connectivity index (χ1) is 23.6. The highest BCUT2D eigenvalue weighted by atomic mass is 28.4. The van der Waals surface area contributed by atoms with E-state index in [0.717, 1.165) is 36.2 Å². The summed E-state index contributed by atoms with van der Waals surface area (Å²) in [5.41, 5.74) is 2.83. The molecule has 0 radical (unpaired) electrons. The minimum absolute atomic E-state index is 0.0127. The molecule has 13 heteroatoms. The Kier molecular flexibility index (Phi) is 10.4. The molecule has 4 heterocycles. The summed E-state index contributed by atoms with van der Waals surface area (Å²) in [6.07, 6.45) is 1.28. The molecule has 2 aromatic rings. The minimum atomic E-state index is -2.17. The molecular weight excluding hydrogens is 658 g/mol. The molecule has 1 aromatic carbocycles. The third kappa shape index (κ3) is 7.71. The van der Waals surface area contributed by atoms with Crippen LogP contribution in [-0.4, -0.2) is 122 Å². The summed E-state index contributed by atoms with van der Waals surface area (Å²) in [5.74, 6) is 0.0596. The first kappa shape index (κ1) is 36.7. The van der Waals surface area contributed by atoms with Gasteiger partial charge in [0.1, 0.15) is 18.1 Å². The van der Waals surface area contributed by atoms with Crippen molar-refractivity contribution in [3.8, 4) is 5.88 Å². The Morgan fingerprint density at radius 1 is 1.06 bits per heavy atom. The standard InChI is InChI=1S/C37H54FN5O6Si/c1-25-20-41(30(22-43(25)35(45)46)21-40-14-16-47-24-26(40)2)23-32(44)42-15-17-48-34-31(42)19-28(18-27-8-10-29(38)11-9-27)33(39-34)37(12-13-37)49-50(6,7)36(3,4)5/h8-11,19,25-26,30H,12-18,20-24H2,1-7H3,(H,45,46)/t25-,26-,30+/m1/s1. The van der Waals surface area contributed by atoms with Gasteiger partial charge in [0, 0.05) is 44.3 Å². The van der Waals surface area contributed by atoms with E-state index in [4.69, 9.17) is 18.9 Å². The van der Waals surface area contributed by atoms with E-state index in [-0.39, 0.29) is 41.4 Å². The van der Waals surface area contributed by atoms with Crippen LogP contribution in [0.1, 0.15) is 64.3 Å². The molecule has 2 saturated heterocycles. The quantitative estimate of drug-likeness (QED) is 0.346. The van der Waals surface area contributed by atoms with E-state index in [0.29, 0.717) is 64.0 Å². The number of nitrogens with zero attached hydrogens (tertiary/aromatic N) is 5. The third-order valence-electron chi connectivity index (χ3n) is 11.4. The Morgan fingerprint density at radius 3 is 2.42 bits per heavy atom. The Hall–Kier alpha value is -3.10. The van der Waals surface area contributed by atoms with Gasteiger partial charge in [-0.2, -0.15) is 0 Å². The normalized spacial score (nSPS) is 24.4. The molecule has 4 aliphatic rings. The summed E-state index contributed by atoms with van der Waals surface area (Å²) in [6, 6.07) is 8.36. The van der Waals surface area contributed by atoms with Crippen molar-refractivity contribution in [2.24, 2.45) is 0 Å². The van der Waals surface area contributed by atoms with E-state index in [2.05, 4.69) is 50.6 Å². The third-order valence-corrected chi connectivity index (χ3v) is 15.9. The van der Waals surface area contributed by atoms with Crippen molar-refractivity contribution in [3.05, 3.63) is 53.0 Å². The van der Waals surface area contributed by atoms with Crippen molar-refractivity contribution in [1.82, 2.24) is 19.7 Å². The highest BCUT2D eigenvalue weighted by Crippen LogP contribution is 2.55. The number of carbonyl (C=O) groups is 2. The molecule has 50 heavy (non-hydrogen) atoms. The van der Waals surface area contributed by atoms with Crippen LogP contribution in [0.15, 0.2) is 30.3 Å². The van der Waals surface area contributed by atoms with Gasteiger partial charge < -0.3 is 28.8 Å². The summed E-state index contributed by atoms with van der Waals surface area (Å²) in [5, 5.41) is 9.96. The van der Waals surface area contributed by atoms with E-state index < -0.39 is 20.0 Å². The van der Waals surface area contributed by atoms with Gasteiger partial charge in [0.05, 0.1) is 37.6 Å². The zero-order valence-corrected chi connectivity index (χ0v) is 31.7. The first-order valence-electron chi connectivity index (χ1n) is 18.0. The average molecular weight is 712 g/mol. The second-order valence-electron chi connectivity index (χ2n) is 16.2. The molecule has 3 atom stereocenters. The summed E-state index contributed by atoms with van der Waals surface area (Å²) < 4.78 is 32.8. The van der Waals surface area contributed by atoms with Crippen LogP contribution in [-0.2, 0) is 26.0 Å². The lowest BCUT2D eigenvalue weighted by Gasteiger charge is -2.47. The molecule has 2 amide bonds. The van der Waals surface area contributed by atoms with Gasteiger partial charge in [-0.3, -0.25) is 14.6 Å². The highest BCUT2D eigenvalue weighted by molar-refractivity contribution is 6.74. The molecule has 3 fully saturated rings. The number of benzene rings is 1. The Bertz CT molecular complexity index is 1560. The average Bonchev–Trinajstić information content (AvgIpc) is 3.82. The molecule has 0 bridgehead atoms. The van der Waals surface area contributed by atoms with Gasteiger partial charge in [-0.1, -0.05) is 32.9 Å². The number of morpholine rings is 1. The molecule has 1 saturated carbocycles. The SMILES string of the molecule is C[C@@H]1COCCN1C[C@H]1CN(C(=O)O)[C@H](C)CN1CC(=O)N1CCOc2nc(C3(O[Si](C)(C)C(C)(C)C)CC3)c(Cc3ccc(F)cc3)cc21. The number of hydrogen-bond donors (Lipinski definition) is 1. The molecule has 1 aromatic heterocycles. The fraction of sp³-hybridized carbons (Fsp3) is 0.649. The second kappa shape index (κ2) is 14.1. The highest BCUT2D eigenvalue weighted by Gasteiger charge is 2.55. The van der Waals surface area contributed by atoms with Crippen LogP contribution in [0, 0.1) is 5.82 Å². The number of hydrogen-bond acceptors (Lipinski definition) is 8. The van der Waals surface area contributed by atoms with Crippen LogP contribution in [0.5, 0.6) is 5.88 Å². The molecule has 6 rings (SSSR count). The maximum atomic E-state index is 14.3. The van der Waals surface area contributed by atoms with Gasteiger partial charge in [-0.05, 0) is 80.6 Å². The summed E-state index contributed by atoms with van der Waals surface area (Å²) in [4.78, 5) is 39.4. The van der Waals surface area contributed by atoms with Gasteiger partial charge in [0.2, 0.25) is 11.8 Å². The lowest BCUT2D eigenvalue weighted by molar-refractivity contribution is -0.122. The largest absolute Gasteiger partial charge is 0.474 e. The fourth-order valence-corrected chi connectivity index (χ4v) is 8.82. The van der Waals surface area contributed by atoms with Crippen LogP contribution in [0.4, 0.5) is 14.9 Å². The fourth-order valence-electron chi connectivity index (χ4n) is 7.24. The number of anilines is 1. The number of rotatable bonds is 9. The predicted molar refractivity (Wildman–Crippen MR) is 192 cm³/mol. The number of ether oxygens (including phenoxy) is 2. The van der Waals surface area contributed by atoms with Crippen molar-refractivity contribution in [1.29, 1.82) is 0 Å². The van der Waals surface area contributed by atoms with E-state index in [1.807, 2.05) is 13.0 Å². The Labute approximate surface area is 296 Å². The number of pyridine rings is 1. The van der Waals surface area contributed by atoms with Gasteiger partial charge in [-0.25, -0.2) is 14.2 Å². The summed E-state index contributed by atoms with van der Waals surface area (Å²) in [6.45, 7) is 19.5. The first-order valence-corrected chi connectivity index (χ1v) is 21.0. The Balaban J connectivity index is 1.30. The molecule has 3 aliphatic heterocycles. The lowest BCUT2D eigenvalue weighted by Crippen LogP contribution is -2.64. The summed E-state index contributed by atoms with van der Waals surface area (Å²) in [7, 11) is -2.17. The summed E-state index contributed by atoms with van der Waals surface area (Å²) >= 11 is 0. The molecular formula is C37H54FN5O6Si. The lowest BCUT2D eigenvalue weighted by atomic mass is 9.98. The van der Waals surface area contributed by atoms with Crippen LogP contribution in [0.2, 0.25) is 18.1 Å². The maximum Gasteiger partial charge on any atom is 0.407 e. The van der Waals surface area contributed by atoms with Gasteiger partial charge in [-0.15, -0.1) is 0 Å². The van der Waals surface area contributed by atoms with E-state index in [1.165, 1.54) is 17.0 Å². The zero-order valence-electron chi connectivity index (χ0n) is 30.7. The van der Waals surface area contributed by atoms with Crippen LogP contribution >= 0.6 is 0 Å². The zero-order chi connectivity index (χ0) is 36.0. The monoisotopic (exact) mass is 711 g/mol. The van der Waals surface area contributed by atoms with E-state index in [1.54, 1.807) is 17.0 Å². The van der Waals surface area contributed by atoms with Gasteiger partial charge in [0.15, 0.2) is 8.32 Å². The van der Waals surface area contributed by atoms with Crippen molar-refractivity contribution in [3.63, 3.8) is 0 Å². The Morgan fingerprint density at radius 2 is 1.78 bits per heavy atom. The van der Waals surface area contributed by atoms with Crippen molar-refractivity contribution >= 4 is 26.0 Å². The number of carbonyl (C=O) groups excluding carboxylic acids is 1. The van der Waals surface area contributed by atoms with Crippen LogP contribution in [0.25, 0.3) is 0 Å². The number of piperazine rings is 1. The molecule has 0 unspecified atom stereocenters. The van der Waals surface area contributed by atoms with Crippen molar-refractivity contribution in [2.45, 2.75) is 95.7 Å². The van der Waals surface area contributed by atoms with E-state index >= 15 is 0 Å². The number of carboxylic acid groups (broad SMARTS) is 1. The second-order valence-corrected chi connectivity index (χ2v) is 20.9. The topological polar surface area (TPSA) is 108 Å². The van der Waals surface area contributed by atoms with Crippen molar-refractivity contribution in [2.75, 3.05) is 64.0 Å². The van der Waals surface area contributed by atoms with Gasteiger partial charge >= 0.3 is 6.09 Å². The maximum absolute atomic E-state index is 14.3. The predicted octanol–water partition coefficient (Wildman–Crippen LogP) is 5.32. The van der Waals surface area contributed by atoms with E-state index in [9.17, 15) is 19.1 Å². The van der Waals surface area contributed by atoms with Crippen molar-refractivity contribution < 1.29 is 33.0 Å². The molecule has 1 aliphatic carbocycles. The molecule has 11 nitrogen and oxygen atoms in total. The number of amides is 2. The number of aromatic nitrogens is 1. The molecule has 0 spiro atoms. The molecule has 1 N–H and O–H groups in total. The number of fused-ring (bicyclic) bond motifs is 1. The van der Waals surface area contributed by atoms with Gasteiger partial charge in [0.25, 0.3) is 0 Å². The number of halogens is 1. The van der Waals surface area contributed by atoms with Crippen LogP contribution < -0.4 is 9.64 Å².